The highest BCUT2D eigenvalue weighted by molar-refractivity contribution is 6.00. The molecule has 0 bridgehead atoms. The molecule has 10 nitrogen and oxygen atoms in total. The molecule has 0 aliphatic heterocycles. The first-order valence-corrected chi connectivity index (χ1v) is 11.4. The number of nitrogens with zero attached hydrogens (tertiary/aromatic N) is 4. The van der Waals surface area contributed by atoms with Gasteiger partial charge in [-0.05, 0) is 43.7 Å². The maximum absolute atomic E-state index is 13.1. The second-order valence-corrected chi connectivity index (χ2v) is 8.95. The number of anilines is 3. The van der Waals surface area contributed by atoms with E-state index in [0.717, 1.165) is 25.7 Å². The molecule has 10 heteroatoms. The highest BCUT2D eigenvalue weighted by Gasteiger charge is 2.31. The van der Waals surface area contributed by atoms with Crippen LogP contribution >= 0.6 is 0 Å². The van der Waals surface area contributed by atoms with Crippen LogP contribution in [0, 0.1) is 5.92 Å². The molecule has 3 aromatic heterocycles. The summed E-state index contributed by atoms with van der Waals surface area (Å²) in [5.74, 6) is 1.39. The summed E-state index contributed by atoms with van der Waals surface area (Å²) in [6.07, 6.45) is 7.29. The van der Waals surface area contributed by atoms with Gasteiger partial charge in [-0.15, -0.1) is 0 Å². The number of carbonyl (C=O) groups is 1. The number of amides is 1. The van der Waals surface area contributed by atoms with E-state index in [9.17, 15) is 9.59 Å². The van der Waals surface area contributed by atoms with Crippen molar-refractivity contribution in [1.29, 1.82) is 0 Å². The number of hydrogen-bond donors (Lipinski definition) is 3. The summed E-state index contributed by atoms with van der Waals surface area (Å²) >= 11 is 0. The van der Waals surface area contributed by atoms with Gasteiger partial charge < -0.3 is 25.3 Å². The van der Waals surface area contributed by atoms with E-state index in [4.69, 9.17) is 4.74 Å². The zero-order valence-electron chi connectivity index (χ0n) is 19.0. The third kappa shape index (κ3) is 3.84. The van der Waals surface area contributed by atoms with Gasteiger partial charge >= 0.3 is 0 Å². The van der Waals surface area contributed by atoms with Crippen molar-refractivity contribution in [2.75, 3.05) is 24.8 Å². The second kappa shape index (κ2) is 8.51. The van der Waals surface area contributed by atoms with Crippen molar-refractivity contribution < 1.29 is 9.53 Å². The first kappa shape index (κ1) is 21.4. The van der Waals surface area contributed by atoms with Crippen LogP contribution in [0.5, 0.6) is 0 Å². The Labute approximate surface area is 191 Å². The number of ether oxygens (including phenoxy) is 1. The number of hydrogen-bond acceptors (Lipinski definition) is 7. The Hall–Kier alpha value is -3.40. The lowest BCUT2D eigenvalue weighted by Gasteiger charge is -2.35. The molecular weight excluding hydrogens is 422 g/mol. The van der Waals surface area contributed by atoms with Crippen LogP contribution in [0.4, 0.5) is 17.3 Å². The normalized spacial score (nSPS) is 24.1. The van der Waals surface area contributed by atoms with Crippen LogP contribution in [0.25, 0.3) is 5.65 Å². The van der Waals surface area contributed by atoms with Gasteiger partial charge in [0.2, 0.25) is 0 Å². The van der Waals surface area contributed by atoms with Crippen LogP contribution in [-0.4, -0.2) is 51.4 Å². The summed E-state index contributed by atoms with van der Waals surface area (Å²) in [5.41, 5.74) is 1.13. The molecule has 2 aliphatic carbocycles. The zero-order chi connectivity index (χ0) is 23.1. The molecule has 0 unspecified atom stereocenters. The van der Waals surface area contributed by atoms with Gasteiger partial charge in [0, 0.05) is 38.5 Å². The van der Waals surface area contributed by atoms with Crippen molar-refractivity contribution in [3.63, 3.8) is 0 Å². The zero-order valence-corrected chi connectivity index (χ0v) is 19.0. The van der Waals surface area contributed by atoms with Crippen LogP contribution in [0.15, 0.2) is 35.4 Å². The highest BCUT2D eigenvalue weighted by atomic mass is 16.5. The number of methoxy groups -OCH3 is 1. The van der Waals surface area contributed by atoms with Crippen molar-refractivity contribution >= 4 is 28.9 Å². The third-order valence-electron chi connectivity index (χ3n) is 6.94. The molecule has 33 heavy (non-hydrogen) atoms. The monoisotopic (exact) mass is 451 g/mol. The van der Waals surface area contributed by atoms with Gasteiger partial charge in [0.15, 0.2) is 5.65 Å². The van der Waals surface area contributed by atoms with Crippen LogP contribution in [0.1, 0.15) is 49.0 Å². The van der Waals surface area contributed by atoms with E-state index in [1.165, 1.54) is 6.20 Å². The lowest BCUT2D eigenvalue weighted by Crippen LogP contribution is -2.45. The Kier molecular flexibility index (Phi) is 5.53. The Morgan fingerprint density at radius 1 is 1.27 bits per heavy atom. The van der Waals surface area contributed by atoms with Crippen LogP contribution in [-0.2, 0) is 4.74 Å². The van der Waals surface area contributed by atoms with Crippen molar-refractivity contribution in [2.45, 2.75) is 50.8 Å². The van der Waals surface area contributed by atoms with Crippen molar-refractivity contribution in [3.05, 3.63) is 46.5 Å². The van der Waals surface area contributed by atoms with Gasteiger partial charge in [0.05, 0.1) is 12.3 Å². The molecule has 0 radical (unpaired) electrons. The van der Waals surface area contributed by atoms with Crippen LogP contribution in [0.3, 0.4) is 0 Å². The van der Waals surface area contributed by atoms with Crippen molar-refractivity contribution in [1.82, 2.24) is 24.5 Å². The summed E-state index contributed by atoms with van der Waals surface area (Å²) in [6.45, 7) is 2.13. The number of nitrogens with one attached hydrogen (secondary N) is 3. The number of aromatic nitrogens is 4. The van der Waals surface area contributed by atoms with Gasteiger partial charge in [-0.2, -0.15) is 9.61 Å². The molecule has 2 saturated carbocycles. The predicted molar refractivity (Wildman–Crippen MR) is 125 cm³/mol. The minimum Gasteiger partial charge on any atom is -0.381 e. The molecule has 174 valence electrons. The summed E-state index contributed by atoms with van der Waals surface area (Å²) in [5, 5.41) is 13.7. The lowest BCUT2D eigenvalue weighted by molar-refractivity contribution is 0.00522. The molecule has 3 aromatic rings. The fourth-order valence-electron chi connectivity index (χ4n) is 4.48. The van der Waals surface area contributed by atoms with E-state index >= 15 is 0 Å². The summed E-state index contributed by atoms with van der Waals surface area (Å²) < 4.78 is 8.68. The van der Waals surface area contributed by atoms with E-state index in [1.807, 2.05) is 6.07 Å². The largest absolute Gasteiger partial charge is 0.381 e. The molecule has 3 heterocycles. The van der Waals surface area contributed by atoms with Gasteiger partial charge in [-0.25, -0.2) is 4.98 Å². The van der Waals surface area contributed by atoms with Crippen LogP contribution < -0.4 is 21.5 Å². The van der Waals surface area contributed by atoms with Crippen molar-refractivity contribution in [2.24, 2.45) is 5.92 Å². The fourth-order valence-corrected chi connectivity index (χ4v) is 4.48. The number of rotatable bonds is 7. The minimum atomic E-state index is -0.187. The molecule has 0 aromatic carbocycles. The number of fused-ring (bicyclic) bond motifs is 1. The van der Waals surface area contributed by atoms with Crippen LogP contribution in [0.2, 0.25) is 0 Å². The fraction of sp³-hybridized carbons (Fsp3) is 0.478. The average Bonchev–Trinajstić information content (AvgIpc) is 3.21. The molecule has 2 aliphatic rings. The molecule has 2 fully saturated rings. The highest BCUT2D eigenvalue weighted by Crippen LogP contribution is 2.33. The summed E-state index contributed by atoms with van der Waals surface area (Å²) in [6, 6.07) is 5.66. The molecule has 5 rings (SSSR count). The number of carbonyl (C=O) groups excluding carboxylic acids is 1. The molecule has 0 spiro atoms. The number of pyridine rings is 1. The Morgan fingerprint density at radius 2 is 2.09 bits per heavy atom. The quantitative estimate of drug-likeness (QED) is 0.506. The first-order valence-electron chi connectivity index (χ1n) is 11.4. The predicted octanol–water partition coefficient (Wildman–Crippen LogP) is 2.55. The van der Waals surface area contributed by atoms with E-state index in [-0.39, 0.29) is 29.7 Å². The Bertz CT molecular complexity index is 1240. The summed E-state index contributed by atoms with van der Waals surface area (Å²) in [7, 11) is 3.47. The van der Waals surface area contributed by atoms with Gasteiger partial charge in [0.25, 0.3) is 11.5 Å². The third-order valence-corrected chi connectivity index (χ3v) is 6.94. The van der Waals surface area contributed by atoms with Gasteiger partial charge in [-0.1, -0.05) is 6.92 Å². The lowest BCUT2D eigenvalue weighted by atomic mass is 9.81. The van der Waals surface area contributed by atoms with Gasteiger partial charge in [0.1, 0.15) is 22.9 Å². The average molecular weight is 452 g/mol. The van der Waals surface area contributed by atoms with Crippen molar-refractivity contribution in [3.8, 4) is 0 Å². The smallest absolute Gasteiger partial charge is 0.274 e. The SMILES string of the molecule is CNc1cc(Nc2cccn([C@H]3C[C@H](OC)C3)c2=O)nc2c(C(=O)N[C@H]3CC[C@H]3C)cnn12. The maximum atomic E-state index is 13.1. The molecule has 1 amide bonds. The molecule has 0 saturated heterocycles. The second-order valence-electron chi connectivity index (χ2n) is 8.95. The molecule has 2 atom stereocenters. The van der Waals surface area contributed by atoms with E-state index in [2.05, 4.69) is 33.0 Å². The standard InChI is InChI=1S/C23H29N7O3/c1-13-6-7-17(13)27-22(31)16-12-25-30-20(24-2)11-19(28-21(16)30)26-18-5-4-8-29(23(18)32)14-9-15(10-14)33-3/h4-5,8,11-15,17,24H,6-7,9-10H2,1-3H3,(H,26,28)(H,27,31)/t13-,14-,15-,17+/m1/s1. The van der Waals surface area contributed by atoms with Gasteiger partial charge in [-0.3, -0.25) is 9.59 Å². The minimum absolute atomic E-state index is 0.116. The summed E-state index contributed by atoms with van der Waals surface area (Å²) in [4.78, 5) is 30.6. The Balaban J connectivity index is 1.44. The topological polar surface area (TPSA) is 115 Å². The van der Waals surface area contributed by atoms with E-state index in [0.29, 0.717) is 34.5 Å². The maximum Gasteiger partial charge on any atom is 0.274 e. The molecule has 3 N–H and O–H groups in total. The van der Waals surface area contributed by atoms with E-state index in [1.54, 1.807) is 41.6 Å². The molecular formula is C23H29N7O3. The van der Waals surface area contributed by atoms with E-state index < -0.39 is 0 Å². The first-order chi connectivity index (χ1) is 16.0. The Morgan fingerprint density at radius 3 is 2.76 bits per heavy atom.